The number of thiocarbonyl (C=S) groups is 1. The van der Waals surface area contributed by atoms with Gasteiger partial charge in [-0.05, 0) is 56.3 Å². The summed E-state index contributed by atoms with van der Waals surface area (Å²) in [4.78, 5) is 14.0. The maximum absolute atomic E-state index is 12.7. The highest BCUT2D eigenvalue weighted by Crippen LogP contribution is 2.30. The number of rotatable bonds is 2. The van der Waals surface area contributed by atoms with Crippen molar-refractivity contribution in [1.29, 1.82) is 0 Å². The molecule has 3 rings (SSSR count). The average Bonchev–Trinajstić information content (AvgIpc) is 2.97. The SMILES string of the molecule is NC(=S)N(NC(=O)c1csc2c1CCCC2)C1CCCCC1. The van der Waals surface area contributed by atoms with Gasteiger partial charge in [0.1, 0.15) is 0 Å². The first-order chi connectivity index (χ1) is 10.7. The molecule has 0 aliphatic heterocycles. The van der Waals surface area contributed by atoms with E-state index >= 15 is 0 Å². The summed E-state index contributed by atoms with van der Waals surface area (Å²) in [6.45, 7) is 0. The molecule has 2 aliphatic carbocycles. The lowest BCUT2D eigenvalue weighted by atomic mass is 9.95. The second kappa shape index (κ2) is 6.96. The summed E-state index contributed by atoms with van der Waals surface area (Å²) < 4.78 is 0. The minimum Gasteiger partial charge on any atom is -0.375 e. The summed E-state index contributed by atoms with van der Waals surface area (Å²) in [5.74, 6) is -0.0576. The smallest absolute Gasteiger partial charge is 0.271 e. The second-order valence-corrected chi connectivity index (χ2v) is 7.58. The van der Waals surface area contributed by atoms with E-state index in [-0.39, 0.29) is 17.1 Å². The third-order valence-electron chi connectivity index (χ3n) is 4.71. The van der Waals surface area contributed by atoms with Gasteiger partial charge in [-0.1, -0.05) is 19.3 Å². The van der Waals surface area contributed by atoms with E-state index in [2.05, 4.69) is 5.43 Å². The van der Waals surface area contributed by atoms with Gasteiger partial charge < -0.3 is 5.73 Å². The number of nitrogens with zero attached hydrogens (tertiary/aromatic N) is 1. The Balaban J connectivity index is 1.73. The molecule has 0 aromatic carbocycles. The molecule has 120 valence electrons. The predicted molar refractivity (Wildman–Crippen MR) is 93.9 cm³/mol. The van der Waals surface area contributed by atoms with Crippen LogP contribution in [0.25, 0.3) is 0 Å². The molecular weight excluding hydrogens is 314 g/mol. The van der Waals surface area contributed by atoms with Crippen molar-refractivity contribution >= 4 is 34.6 Å². The second-order valence-electron chi connectivity index (χ2n) is 6.20. The first kappa shape index (κ1) is 15.7. The number of nitrogens with two attached hydrogens (primary N) is 1. The minimum atomic E-state index is -0.0576. The summed E-state index contributed by atoms with van der Waals surface area (Å²) in [7, 11) is 0. The molecule has 1 aromatic rings. The molecule has 22 heavy (non-hydrogen) atoms. The molecule has 1 amide bonds. The van der Waals surface area contributed by atoms with Crippen LogP contribution in [-0.2, 0) is 12.8 Å². The van der Waals surface area contributed by atoms with E-state index in [1.807, 2.05) is 5.38 Å². The molecule has 2 aliphatic rings. The number of hydrazine groups is 1. The number of hydrogen-bond donors (Lipinski definition) is 2. The van der Waals surface area contributed by atoms with Gasteiger partial charge in [-0.15, -0.1) is 11.3 Å². The number of hydrogen-bond acceptors (Lipinski definition) is 3. The highest BCUT2D eigenvalue weighted by molar-refractivity contribution is 7.80. The van der Waals surface area contributed by atoms with Crippen LogP contribution in [0.3, 0.4) is 0 Å². The number of aryl methyl sites for hydroxylation is 1. The van der Waals surface area contributed by atoms with Crippen molar-refractivity contribution < 1.29 is 4.79 Å². The van der Waals surface area contributed by atoms with Crippen LogP contribution >= 0.6 is 23.6 Å². The van der Waals surface area contributed by atoms with Crippen molar-refractivity contribution in [2.45, 2.75) is 63.8 Å². The van der Waals surface area contributed by atoms with Gasteiger partial charge in [-0.25, -0.2) is 0 Å². The number of thiophene rings is 1. The van der Waals surface area contributed by atoms with Crippen LogP contribution in [0.2, 0.25) is 0 Å². The Morgan fingerprint density at radius 1 is 1.23 bits per heavy atom. The molecule has 0 atom stereocenters. The minimum absolute atomic E-state index is 0.0576. The zero-order valence-corrected chi connectivity index (χ0v) is 14.4. The van der Waals surface area contributed by atoms with Gasteiger partial charge in [0.25, 0.3) is 5.91 Å². The van der Waals surface area contributed by atoms with Crippen LogP contribution < -0.4 is 11.2 Å². The number of fused-ring (bicyclic) bond motifs is 1. The van der Waals surface area contributed by atoms with E-state index in [1.54, 1.807) is 16.3 Å². The monoisotopic (exact) mass is 337 g/mol. The molecule has 1 saturated carbocycles. The molecule has 1 fully saturated rings. The zero-order chi connectivity index (χ0) is 15.5. The lowest BCUT2D eigenvalue weighted by Gasteiger charge is -2.34. The maximum atomic E-state index is 12.7. The first-order valence-electron chi connectivity index (χ1n) is 8.15. The quantitative estimate of drug-likeness (QED) is 0.643. The van der Waals surface area contributed by atoms with Crippen molar-refractivity contribution in [1.82, 2.24) is 10.4 Å². The molecule has 0 radical (unpaired) electrons. The topological polar surface area (TPSA) is 58.4 Å². The summed E-state index contributed by atoms with van der Waals surface area (Å²) in [5.41, 5.74) is 10.9. The average molecular weight is 338 g/mol. The number of nitrogens with one attached hydrogen (secondary N) is 1. The Morgan fingerprint density at radius 3 is 2.68 bits per heavy atom. The van der Waals surface area contributed by atoms with Gasteiger partial charge >= 0.3 is 0 Å². The molecule has 1 heterocycles. The Morgan fingerprint density at radius 2 is 1.95 bits per heavy atom. The fourth-order valence-corrected chi connectivity index (χ4v) is 4.84. The Kier molecular flexibility index (Phi) is 4.98. The van der Waals surface area contributed by atoms with Gasteiger partial charge in [0.2, 0.25) is 0 Å². The Bertz CT molecular complexity index is 564. The van der Waals surface area contributed by atoms with E-state index in [0.717, 1.165) is 31.2 Å². The summed E-state index contributed by atoms with van der Waals surface area (Å²) >= 11 is 6.87. The zero-order valence-electron chi connectivity index (χ0n) is 12.8. The van der Waals surface area contributed by atoms with E-state index in [4.69, 9.17) is 18.0 Å². The van der Waals surface area contributed by atoms with Gasteiger partial charge in [-0.2, -0.15) is 0 Å². The van der Waals surface area contributed by atoms with Crippen LogP contribution in [0, 0.1) is 0 Å². The van der Waals surface area contributed by atoms with Crippen LogP contribution in [-0.4, -0.2) is 22.1 Å². The largest absolute Gasteiger partial charge is 0.375 e. The van der Waals surface area contributed by atoms with Crippen molar-refractivity contribution in [3.8, 4) is 0 Å². The van der Waals surface area contributed by atoms with Crippen molar-refractivity contribution in [3.05, 3.63) is 21.4 Å². The third kappa shape index (κ3) is 3.27. The summed E-state index contributed by atoms with van der Waals surface area (Å²) in [6, 6.07) is 0.240. The standard InChI is InChI=1S/C16H23N3OS2/c17-16(21)19(11-6-2-1-3-7-11)18-15(20)13-10-22-14-9-5-4-8-12(13)14/h10-11H,1-9H2,(H2,17,21)(H,18,20). The van der Waals surface area contributed by atoms with Gasteiger partial charge in [0.05, 0.1) is 11.6 Å². The van der Waals surface area contributed by atoms with E-state index in [1.165, 1.54) is 42.5 Å². The first-order valence-corrected chi connectivity index (χ1v) is 9.44. The van der Waals surface area contributed by atoms with Crippen LogP contribution in [0.4, 0.5) is 0 Å². The van der Waals surface area contributed by atoms with Crippen LogP contribution in [0.15, 0.2) is 5.38 Å². The van der Waals surface area contributed by atoms with E-state index < -0.39 is 0 Å². The van der Waals surface area contributed by atoms with Gasteiger partial charge in [0, 0.05) is 10.3 Å². The van der Waals surface area contributed by atoms with Crippen molar-refractivity contribution in [3.63, 3.8) is 0 Å². The van der Waals surface area contributed by atoms with Crippen molar-refractivity contribution in [2.75, 3.05) is 0 Å². The van der Waals surface area contributed by atoms with Crippen molar-refractivity contribution in [2.24, 2.45) is 5.73 Å². The normalized spacial score (nSPS) is 18.5. The molecule has 1 aromatic heterocycles. The number of carbonyl (C=O) groups is 1. The van der Waals surface area contributed by atoms with Crippen LogP contribution in [0.1, 0.15) is 65.7 Å². The molecule has 0 bridgehead atoms. The fourth-order valence-electron chi connectivity index (χ4n) is 3.52. The number of amides is 1. The van der Waals surface area contributed by atoms with E-state index in [9.17, 15) is 4.79 Å². The lowest BCUT2D eigenvalue weighted by Crippen LogP contribution is -2.54. The lowest BCUT2D eigenvalue weighted by molar-refractivity contribution is 0.0808. The molecule has 0 spiro atoms. The van der Waals surface area contributed by atoms with Crippen LogP contribution in [0.5, 0.6) is 0 Å². The van der Waals surface area contributed by atoms with Gasteiger partial charge in [0.15, 0.2) is 5.11 Å². The molecule has 0 saturated heterocycles. The van der Waals surface area contributed by atoms with E-state index in [0.29, 0.717) is 0 Å². The molecule has 4 nitrogen and oxygen atoms in total. The molecule has 6 heteroatoms. The highest BCUT2D eigenvalue weighted by atomic mass is 32.1. The fraction of sp³-hybridized carbons (Fsp3) is 0.625. The predicted octanol–water partition coefficient (Wildman–Crippen LogP) is 3.15. The number of carbonyl (C=O) groups excluding carboxylic acids is 1. The molecule has 3 N–H and O–H groups in total. The maximum Gasteiger partial charge on any atom is 0.271 e. The molecule has 0 unspecified atom stereocenters. The highest BCUT2D eigenvalue weighted by Gasteiger charge is 2.26. The Labute approximate surface area is 141 Å². The Hall–Kier alpha value is -1.14. The summed E-state index contributed by atoms with van der Waals surface area (Å²) in [6.07, 6.45) is 10.2. The van der Waals surface area contributed by atoms with Gasteiger partial charge in [-0.3, -0.25) is 15.2 Å². The molecular formula is C16H23N3OS2. The third-order valence-corrected chi connectivity index (χ3v) is 5.99. The summed E-state index contributed by atoms with van der Waals surface area (Å²) in [5, 5.41) is 3.98.